The highest BCUT2D eigenvalue weighted by atomic mass is 17.0. The minimum Gasteiger partial charge on any atom is -0.479 e. The van der Waals surface area contributed by atoms with Crippen LogP contribution in [-0.4, -0.2) is 60.6 Å². The van der Waals surface area contributed by atoms with Crippen molar-refractivity contribution in [2.45, 2.75) is 32.2 Å². The number of hydrogen-bond acceptors (Lipinski definition) is 7. The molecule has 0 aliphatic carbocycles. The number of ether oxygens (including phenoxy) is 1. The Labute approximate surface area is 128 Å². The Hall–Kier alpha value is -1.91. The summed E-state index contributed by atoms with van der Waals surface area (Å²) < 4.78 is 4.62. The van der Waals surface area contributed by atoms with Crippen LogP contribution in [0.1, 0.15) is 26.7 Å². The molecule has 5 N–H and O–H groups in total. The van der Waals surface area contributed by atoms with Gasteiger partial charge in [0.1, 0.15) is 0 Å². The summed E-state index contributed by atoms with van der Waals surface area (Å²) in [6.45, 7) is 3.64. The maximum absolute atomic E-state index is 12.1. The first-order valence-electron chi connectivity index (χ1n) is 6.80. The molecule has 0 heterocycles. The van der Waals surface area contributed by atoms with Gasteiger partial charge in [0.25, 0.3) is 5.54 Å². The fraction of sp³-hybridized carbons (Fsp3) is 0.750. The van der Waals surface area contributed by atoms with E-state index in [0.29, 0.717) is 5.23 Å². The first-order chi connectivity index (χ1) is 10.4. The highest BCUT2D eigenvalue weighted by molar-refractivity contribution is 6.03. The van der Waals surface area contributed by atoms with Gasteiger partial charge in [-0.15, -0.1) is 0 Å². The number of nitrogens with zero attached hydrogens (tertiary/aromatic N) is 2. The molecule has 0 aliphatic rings. The fourth-order valence-electron chi connectivity index (χ4n) is 1.74. The number of hydrogen-bond donors (Lipinski definition) is 3. The van der Waals surface area contributed by atoms with Crippen molar-refractivity contribution in [1.82, 2.24) is 5.23 Å². The molecule has 0 aromatic rings. The van der Waals surface area contributed by atoms with Crippen molar-refractivity contribution < 1.29 is 29.1 Å². The van der Waals surface area contributed by atoms with E-state index in [1.807, 2.05) is 0 Å². The standard InChI is InChI=1S/C12H24N4O6/c1-4-21-16(22-5-2)12(9(17)18,10(19)20-3)7-6-8-15-11(13)14/h4-8H2,1-3H3,(H,17,18)(H4,13,14,15)/t12-/m0/s1. The zero-order chi connectivity index (χ0) is 17.2. The van der Waals surface area contributed by atoms with E-state index in [9.17, 15) is 14.7 Å². The number of rotatable bonds is 11. The monoisotopic (exact) mass is 320 g/mol. The summed E-state index contributed by atoms with van der Waals surface area (Å²) in [7, 11) is 1.09. The second kappa shape index (κ2) is 9.92. The predicted molar refractivity (Wildman–Crippen MR) is 77.4 cm³/mol. The molecule has 0 spiro atoms. The average Bonchev–Trinajstić information content (AvgIpc) is 2.46. The van der Waals surface area contributed by atoms with Gasteiger partial charge in [0, 0.05) is 6.54 Å². The second-order valence-electron chi connectivity index (χ2n) is 4.16. The van der Waals surface area contributed by atoms with Crippen molar-refractivity contribution in [3.05, 3.63) is 0 Å². The van der Waals surface area contributed by atoms with Crippen molar-refractivity contribution in [3.63, 3.8) is 0 Å². The van der Waals surface area contributed by atoms with Crippen LogP contribution in [0.2, 0.25) is 0 Å². The second-order valence-corrected chi connectivity index (χ2v) is 4.16. The number of methoxy groups -OCH3 is 1. The summed E-state index contributed by atoms with van der Waals surface area (Å²) >= 11 is 0. The predicted octanol–water partition coefficient (Wildman–Crippen LogP) is -0.759. The van der Waals surface area contributed by atoms with Gasteiger partial charge in [0.2, 0.25) is 0 Å². The van der Waals surface area contributed by atoms with Gasteiger partial charge in [-0.25, -0.2) is 9.59 Å². The number of hydroxylamine groups is 2. The van der Waals surface area contributed by atoms with E-state index in [1.54, 1.807) is 13.8 Å². The summed E-state index contributed by atoms with van der Waals surface area (Å²) in [6.07, 6.45) is 0.0434. The third-order valence-corrected chi connectivity index (χ3v) is 2.67. The van der Waals surface area contributed by atoms with Crippen molar-refractivity contribution in [3.8, 4) is 0 Å². The van der Waals surface area contributed by atoms with Crippen LogP contribution in [0.4, 0.5) is 0 Å². The number of aliphatic imine (C=N–C) groups is 1. The summed E-state index contributed by atoms with van der Waals surface area (Å²) in [5.74, 6) is -2.58. The molecule has 22 heavy (non-hydrogen) atoms. The largest absolute Gasteiger partial charge is 0.479 e. The minimum absolute atomic E-state index is 0.111. The van der Waals surface area contributed by atoms with E-state index in [0.717, 1.165) is 7.11 Å². The van der Waals surface area contributed by atoms with E-state index in [2.05, 4.69) is 9.73 Å². The Kier molecular flexibility index (Phi) is 9.06. The molecule has 128 valence electrons. The van der Waals surface area contributed by atoms with E-state index < -0.39 is 17.5 Å². The van der Waals surface area contributed by atoms with E-state index in [4.69, 9.17) is 21.1 Å². The highest BCUT2D eigenvalue weighted by Crippen LogP contribution is 2.25. The van der Waals surface area contributed by atoms with Gasteiger partial charge in [-0.3, -0.25) is 14.7 Å². The Bertz CT molecular complexity index is 393. The first-order valence-corrected chi connectivity index (χ1v) is 6.80. The lowest BCUT2D eigenvalue weighted by Crippen LogP contribution is -2.60. The normalized spacial score (nSPS) is 13.5. The number of guanidine groups is 1. The number of aliphatic carboxylic acids is 1. The van der Waals surface area contributed by atoms with E-state index in [1.165, 1.54) is 0 Å². The summed E-state index contributed by atoms with van der Waals surface area (Å²) in [5.41, 5.74) is 8.27. The Balaban J connectivity index is 5.43. The Morgan fingerprint density at radius 1 is 1.23 bits per heavy atom. The maximum atomic E-state index is 12.1. The molecule has 0 saturated carbocycles. The van der Waals surface area contributed by atoms with Crippen LogP contribution in [0.5, 0.6) is 0 Å². The quantitative estimate of drug-likeness (QED) is 0.111. The molecule has 0 fully saturated rings. The smallest absolute Gasteiger partial charge is 0.343 e. The molecule has 0 amide bonds. The third kappa shape index (κ3) is 5.13. The van der Waals surface area contributed by atoms with E-state index >= 15 is 0 Å². The molecule has 0 saturated heterocycles. The first kappa shape index (κ1) is 20.1. The number of nitrogens with two attached hydrogens (primary N) is 2. The molecular weight excluding hydrogens is 296 g/mol. The molecule has 0 aromatic heterocycles. The summed E-state index contributed by atoms with van der Waals surface area (Å²) in [5, 5.41) is 10.2. The third-order valence-electron chi connectivity index (χ3n) is 2.67. The zero-order valence-electron chi connectivity index (χ0n) is 13.1. The number of carboxylic acid groups (broad SMARTS) is 1. The van der Waals surface area contributed by atoms with E-state index in [-0.39, 0.29) is 38.6 Å². The number of esters is 1. The highest BCUT2D eigenvalue weighted by Gasteiger charge is 2.55. The van der Waals surface area contributed by atoms with Crippen LogP contribution in [0, 0.1) is 0 Å². The molecule has 0 radical (unpaired) electrons. The Morgan fingerprint density at radius 2 is 1.77 bits per heavy atom. The number of carboxylic acids is 1. The molecule has 0 rings (SSSR count). The van der Waals surface area contributed by atoms with Crippen LogP contribution in [-0.2, 0) is 24.0 Å². The van der Waals surface area contributed by atoms with Gasteiger partial charge in [-0.2, -0.15) is 0 Å². The van der Waals surface area contributed by atoms with Crippen LogP contribution in [0.25, 0.3) is 0 Å². The molecule has 10 heteroatoms. The molecule has 1 atom stereocenters. The molecule has 0 aliphatic heterocycles. The number of carbonyl (C=O) groups excluding carboxylic acids is 1. The zero-order valence-corrected chi connectivity index (χ0v) is 13.1. The van der Waals surface area contributed by atoms with Gasteiger partial charge in [-0.1, -0.05) is 0 Å². The van der Waals surface area contributed by atoms with Gasteiger partial charge >= 0.3 is 11.9 Å². The topological polar surface area (TPSA) is 150 Å². The maximum Gasteiger partial charge on any atom is 0.343 e. The van der Waals surface area contributed by atoms with Crippen LogP contribution in [0.15, 0.2) is 4.99 Å². The average molecular weight is 320 g/mol. The van der Waals surface area contributed by atoms with Crippen LogP contribution in [0.3, 0.4) is 0 Å². The van der Waals surface area contributed by atoms with Crippen molar-refractivity contribution in [2.75, 3.05) is 26.9 Å². The van der Waals surface area contributed by atoms with Crippen LogP contribution < -0.4 is 11.5 Å². The molecule has 10 nitrogen and oxygen atoms in total. The molecule has 0 bridgehead atoms. The summed E-state index contributed by atoms with van der Waals surface area (Å²) in [4.78, 5) is 37.9. The molecule has 0 aromatic carbocycles. The van der Waals surface area contributed by atoms with Gasteiger partial charge < -0.3 is 21.3 Å². The van der Waals surface area contributed by atoms with Gasteiger partial charge in [-0.05, 0) is 31.9 Å². The van der Waals surface area contributed by atoms with Crippen LogP contribution >= 0.6 is 0 Å². The lowest BCUT2D eigenvalue weighted by molar-refractivity contribution is -0.399. The lowest BCUT2D eigenvalue weighted by Gasteiger charge is -2.35. The van der Waals surface area contributed by atoms with Gasteiger partial charge in [0.15, 0.2) is 5.96 Å². The molecule has 0 unspecified atom stereocenters. The Morgan fingerprint density at radius 3 is 2.14 bits per heavy atom. The summed E-state index contributed by atoms with van der Waals surface area (Å²) in [6, 6.07) is 0. The number of carbonyl (C=O) groups is 2. The minimum atomic E-state index is -2.14. The van der Waals surface area contributed by atoms with Crippen molar-refractivity contribution in [2.24, 2.45) is 16.5 Å². The lowest BCUT2D eigenvalue weighted by atomic mass is 9.94. The van der Waals surface area contributed by atoms with Crippen molar-refractivity contribution in [1.29, 1.82) is 0 Å². The van der Waals surface area contributed by atoms with Gasteiger partial charge in [0.05, 0.1) is 20.3 Å². The fourth-order valence-corrected chi connectivity index (χ4v) is 1.74. The molecular formula is C12H24N4O6. The SMILES string of the molecule is CCON(OCC)[C@@](CCCN=C(N)N)(C(=O)O)C(=O)OC. The van der Waals surface area contributed by atoms with Crippen molar-refractivity contribution >= 4 is 17.9 Å².